The Labute approximate surface area is 179 Å². The number of carbonyl (C=O) groups excluding carboxylic acids is 1. The van der Waals surface area contributed by atoms with Gasteiger partial charge < -0.3 is 14.8 Å². The van der Waals surface area contributed by atoms with Crippen LogP contribution < -0.4 is 14.8 Å². The lowest BCUT2D eigenvalue weighted by Gasteiger charge is -2.18. The Bertz CT molecular complexity index is 987. The zero-order chi connectivity index (χ0) is 22.5. The number of carbonyl (C=O) groups is 1. The second kappa shape index (κ2) is 9.95. The molecule has 0 spiro atoms. The van der Waals surface area contributed by atoms with Crippen molar-refractivity contribution in [3.05, 3.63) is 53.6 Å². The van der Waals surface area contributed by atoms with Gasteiger partial charge in [0.2, 0.25) is 10.0 Å². The van der Waals surface area contributed by atoms with Crippen molar-refractivity contribution in [2.45, 2.75) is 31.7 Å². The number of rotatable bonds is 9. The molecule has 1 amide bonds. The number of sulfonamides is 1. The van der Waals surface area contributed by atoms with Gasteiger partial charge in [-0.1, -0.05) is 26.0 Å². The van der Waals surface area contributed by atoms with Crippen molar-refractivity contribution in [3.8, 4) is 11.5 Å². The Balaban J connectivity index is 2.18. The molecular weight excluding hydrogens is 404 g/mol. The fraction of sp³-hybridized carbons (Fsp3) is 0.409. The standard InChI is InChI=1S/C22H30N2O5S/c1-15(2)14-29-20-11-10-17(13-21(20)28-6)16(3)23-22(25)18-8-7-9-19(12-18)30(26,27)24(4)5/h7-13,15-16H,14H2,1-6H3,(H,23,25). The zero-order valence-electron chi connectivity index (χ0n) is 18.3. The van der Waals surface area contributed by atoms with E-state index < -0.39 is 10.0 Å². The number of amides is 1. The average molecular weight is 435 g/mol. The van der Waals surface area contributed by atoms with E-state index in [2.05, 4.69) is 19.2 Å². The van der Waals surface area contributed by atoms with E-state index in [4.69, 9.17) is 9.47 Å². The molecule has 0 aliphatic carbocycles. The van der Waals surface area contributed by atoms with Crippen LogP contribution in [0.5, 0.6) is 11.5 Å². The highest BCUT2D eigenvalue weighted by molar-refractivity contribution is 7.89. The zero-order valence-corrected chi connectivity index (χ0v) is 19.1. The van der Waals surface area contributed by atoms with E-state index in [0.717, 1.165) is 9.87 Å². The molecule has 0 radical (unpaired) electrons. The van der Waals surface area contributed by atoms with Crippen LogP contribution in [0.25, 0.3) is 0 Å². The molecule has 0 aromatic heterocycles. The van der Waals surface area contributed by atoms with Gasteiger partial charge in [-0.25, -0.2) is 12.7 Å². The third kappa shape index (κ3) is 5.73. The van der Waals surface area contributed by atoms with Gasteiger partial charge in [-0.05, 0) is 48.7 Å². The summed E-state index contributed by atoms with van der Waals surface area (Å²) in [5.41, 5.74) is 1.11. The Hall–Kier alpha value is -2.58. The van der Waals surface area contributed by atoms with Crippen molar-refractivity contribution < 1.29 is 22.7 Å². The van der Waals surface area contributed by atoms with E-state index >= 15 is 0 Å². The first-order chi connectivity index (χ1) is 14.1. The van der Waals surface area contributed by atoms with Gasteiger partial charge >= 0.3 is 0 Å². The minimum absolute atomic E-state index is 0.0705. The van der Waals surface area contributed by atoms with Gasteiger partial charge in [0.1, 0.15) is 0 Å². The molecule has 0 fully saturated rings. The first kappa shape index (κ1) is 23.7. The van der Waals surface area contributed by atoms with Crippen molar-refractivity contribution in [3.63, 3.8) is 0 Å². The summed E-state index contributed by atoms with van der Waals surface area (Å²) in [4.78, 5) is 12.8. The summed E-state index contributed by atoms with van der Waals surface area (Å²) in [5.74, 6) is 1.26. The first-order valence-corrected chi connectivity index (χ1v) is 11.1. The molecule has 2 rings (SSSR count). The Morgan fingerprint density at radius 1 is 1.07 bits per heavy atom. The summed E-state index contributed by atoms with van der Waals surface area (Å²) in [5, 5.41) is 2.90. The van der Waals surface area contributed by atoms with Crippen molar-refractivity contribution >= 4 is 15.9 Å². The average Bonchev–Trinajstić information content (AvgIpc) is 2.71. The molecular formula is C22H30N2O5S. The highest BCUT2D eigenvalue weighted by atomic mass is 32.2. The minimum atomic E-state index is -3.62. The third-order valence-electron chi connectivity index (χ3n) is 4.48. The fourth-order valence-electron chi connectivity index (χ4n) is 2.70. The van der Waals surface area contributed by atoms with Crippen LogP contribution in [0.4, 0.5) is 0 Å². The van der Waals surface area contributed by atoms with E-state index in [1.165, 1.54) is 26.2 Å². The lowest BCUT2D eigenvalue weighted by Crippen LogP contribution is -2.27. The van der Waals surface area contributed by atoms with Gasteiger partial charge in [0.15, 0.2) is 11.5 Å². The maximum absolute atomic E-state index is 12.7. The second-order valence-corrected chi connectivity index (χ2v) is 9.78. The molecule has 0 saturated heterocycles. The first-order valence-electron chi connectivity index (χ1n) is 9.70. The summed E-state index contributed by atoms with van der Waals surface area (Å²) >= 11 is 0. The van der Waals surface area contributed by atoms with Crippen molar-refractivity contribution in [1.82, 2.24) is 9.62 Å². The molecule has 0 heterocycles. The number of nitrogens with zero attached hydrogens (tertiary/aromatic N) is 1. The lowest BCUT2D eigenvalue weighted by atomic mass is 10.1. The normalized spacial score (nSPS) is 12.7. The number of ether oxygens (including phenoxy) is 2. The molecule has 7 nitrogen and oxygen atoms in total. The molecule has 0 aliphatic rings. The van der Waals surface area contributed by atoms with Crippen molar-refractivity contribution in [2.75, 3.05) is 27.8 Å². The Morgan fingerprint density at radius 3 is 2.37 bits per heavy atom. The van der Waals surface area contributed by atoms with Crippen LogP contribution in [0.15, 0.2) is 47.4 Å². The number of hydrogen-bond acceptors (Lipinski definition) is 5. The molecule has 1 atom stereocenters. The van der Waals surface area contributed by atoms with Gasteiger partial charge in [-0.3, -0.25) is 4.79 Å². The Morgan fingerprint density at radius 2 is 1.77 bits per heavy atom. The van der Waals surface area contributed by atoms with Crippen LogP contribution in [0.1, 0.15) is 42.7 Å². The van der Waals surface area contributed by atoms with E-state index in [9.17, 15) is 13.2 Å². The third-order valence-corrected chi connectivity index (χ3v) is 6.29. The highest BCUT2D eigenvalue weighted by Crippen LogP contribution is 2.30. The number of nitrogens with one attached hydrogen (secondary N) is 1. The molecule has 8 heteroatoms. The van der Waals surface area contributed by atoms with Crippen molar-refractivity contribution in [2.24, 2.45) is 5.92 Å². The quantitative estimate of drug-likeness (QED) is 0.653. The molecule has 0 bridgehead atoms. The predicted molar refractivity (Wildman–Crippen MR) is 117 cm³/mol. The van der Waals surface area contributed by atoms with Gasteiger partial charge in [-0.2, -0.15) is 0 Å². The molecule has 30 heavy (non-hydrogen) atoms. The Kier molecular flexibility index (Phi) is 7.86. The molecule has 164 valence electrons. The van der Waals surface area contributed by atoms with Crippen LogP contribution in [0.2, 0.25) is 0 Å². The summed E-state index contributed by atoms with van der Waals surface area (Å²) < 4.78 is 36.9. The van der Waals surface area contributed by atoms with E-state index in [1.807, 2.05) is 25.1 Å². The smallest absolute Gasteiger partial charge is 0.251 e. The monoisotopic (exact) mass is 434 g/mol. The maximum atomic E-state index is 12.7. The summed E-state index contributed by atoms with van der Waals surface area (Å²) in [7, 11) is 0.856. The van der Waals surface area contributed by atoms with E-state index in [0.29, 0.717) is 24.0 Å². The van der Waals surface area contributed by atoms with Gasteiger partial charge in [0.05, 0.1) is 24.7 Å². The lowest BCUT2D eigenvalue weighted by molar-refractivity contribution is 0.0939. The number of hydrogen-bond donors (Lipinski definition) is 1. The summed E-state index contributed by atoms with van der Waals surface area (Å²) in [6, 6.07) is 11.2. The van der Waals surface area contributed by atoms with Crippen LogP contribution in [-0.4, -0.2) is 46.4 Å². The van der Waals surface area contributed by atoms with Crippen LogP contribution in [-0.2, 0) is 10.0 Å². The SMILES string of the molecule is COc1cc(C(C)NC(=O)c2cccc(S(=O)(=O)N(C)C)c2)ccc1OCC(C)C. The second-order valence-electron chi connectivity index (χ2n) is 7.63. The van der Waals surface area contributed by atoms with Crippen LogP contribution >= 0.6 is 0 Å². The van der Waals surface area contributed by atoms with Gasteiger partial charge in [0.25, 0.3) is 5.91 Å². The molecule has 0 aliphatic heterocycles. The van der Waals surface area contributed by atoms with Crippen LogP contribution in [0.3, 0.4) is 0 Å². The molecule has 1 unspecified atom stereocenters. The van der Waals surface area contributed by atoms with E-state index in [1.54, 1.807) is 19.2 Å². The van der Waals surface area contributed by atoms with Crippen LogP contribution in [0, 0.1) is 5.92 Å². The molecule has 2 aromatic rings. The van der Waals surface area contributed by atoms with Gasteiger partial charge in [0, 0.05) is 19.7 Å². The maximum Gasteiger partial charge on any atom is 0.251 e. The topological polar surface area (TPSA) is 84.9 Å². The fourth-order valence-corrected chi connectivity index (χ4v) is 3.65. The summed E-state index contributed by atoms with van der Waals surface area (Å²) in [6.45, 7) is 6.56. The minimum Gasteiger partial charge on any atom is -0.493 e. The largest absolute Gasteiger partial charge is 0.493 e. The number of benzene rings is 2. The van der Waals surface area contributed by atoms with Gasteiger partial charge in [-0.15, -0.1) is 0 Å². The van der Waals surface area contributed by atoms with Crippen molar-refractivity contribution in [1.29, 1.82) is 0 Å². The molecule has 0 saturated carbocycles. The molecule has 1 N–H and O–H groups in total. The van der Waals surface area contributed by atoms with E-state index in [-0.39, 0.29) is 22.4 Å². The predicted octanol–water partition coefficient (Wildman–Crippen LogP) is 3.47. The highest BCUT2D eigenvalue weighted by Gasteiger charge is 2.20. The summed E-state index contributed by atoms with van der Waals surface area (Å²) in [6.07, 6.45) is 0. The number of methoxy groups -OCH3 is 1. The molecule has 2 aromatic carbocycles.